The minimum atomic E-state index is 0.731. The molecular formula is C26H42. The molecule has 4 aliphatic rings. The van der Waals surface area contributed by atoms with Crippen LogP contribution in [0.1, 0.15) is 110 Å². The van der Waals surface area contributed by atoms with Crippen molar-refractivity contribution in [2.45, 2.75) is 110 Å². The molecule has 0 aromatic heterocycles. The molecule has 146 valence electrons. The molecule has 0 spiro atoms. The van der Waals surface area contributed by atoms with Crippen LogP contribution in [-0.2, 0) is 0 Å². The summed E-state index contributed by atoms with van der Waals surface area (Å²) in [6.07, 6.45) is 23.7. The molecule has 26 heavy (non-hydrogen) atoms. The predicted molar refractivity (Wildman–Crippen MR) is 112 cm³/mol. The molecule has 0 amide bonds. The minimum Gasteiger partial charge on any atom is -0.0996 e. The van der Waals surface area contributed by atoms with E-state index in [0.717, 1.165) is 41.4 Å². The summed E-state index contributed by atoms with van der Waals surface area (Å²) in [5.74, 6) is 14.2. The third kappa shape index (κ3) is 4.88. The molecule has 0 aromatic carbocycles. The fraction of sp³-hybridized carbons (Fsp3) is 0.923. The van der Waals surface area contributed by atoms with Gasteiger partial charge in [0.05, 0.1) is 0 Å². The molecule has 0 aromatic rings. The normalized spacial score (nSPS) is 42.2. The van der Waals surface area contributed by atoms with Crippen LogP contribution in [-0.4, -0.2) is 0 Å². The SMILES string of the molecule is CC1CCC(C#CC2CCC(C3CCC(C4CCCC4)CC3)CC2)CC1. The predicted octanol–water partition coefficient (Wildman–Crippen LogP) is 7.62. The maximum absolute atomic E-state index is 3.72. The van der Waals surface area contributed by atoms with Gasteiger partial charge < -0.3 is 0 Å². The van der Waals surface area contributed by atoms with E-state index in [1.807, 2.05) is 0 Å². The first-order valence-corrected chi connectivity index (χ1v) is 12.3. The molecule has 4 saturated carbocycles. The summed E-state index contributed by atoms with van der Waals surface area (Å²) in [6, 6.07) is 0. The Kier molecular flexibility index (Phi) is 6.67. The van der Waals surface area contributed by atoms with Gasteiger partial charge in [0.2, 0.25) is 0 Å². The Morgan fingerprint density at radius 1 is 0.423 bits per heavy atom. The van der Waals surface area contributed by atoms with E-state index >= 15 is 0 Å². The average molecular weight is 355 g/mol. The van der Waals surface area contributed by atoms with E-state index in [1.54, 1.807) is 38.5 Å². The van der Waals surface area contributed by atoms with Crippen molar-refractivity contribution in [3.05, 3.63) is 0 Å². The molecule has 0 aliphatic heterocycles. The zero-order chi connectivity index (χ0) is 17.8. The summed E-state index contributed by atoms with van der Waals surface area (Å²) in [5, 5.41) is 0. The summed E-state index contributed by atoms with van der Waals surface area (Å²) in [7, 11) is 0. The van der Waals surface area contributed by atoms with Crippen LogP contribution in [0, 0.1) is 53.3 Å². The van der Waals surface area contributed by atoms with Gasteiger partial charge in [0, 0.05) is 11.8 Å². The first-order chi connectivity index (χ1) is 12.8. The van der Waals surface area contributed by atoms with Gasteiger partial charge in [0.25, 0.3) is 0 Å². The van der Waals surface area contributed by atoms with E-state index in [1.165, 1.54) is 64.2 Å². The summed E-state index contributed by atoms with van der Waals surface area (Å²) in [4.78, 5) is 0. The molecule has 0 N–H and O–H groups in total. The molecule has 0 saturated heterocycles. The van der Waals surface area contributed by atoms with Crippen molar-refractivity contribution in [1.29, 1.82) is 0 Å². The van der Waals surface area contributed by atoms with Crippen molar-refractivity contribution in [2.24, 2.45) is 41.4 Å². The Morgan fingerprint density at radius 2 is 0.769 bits per heavy atom. The van der Waals surface area contributed by atoms with E-state index in [0.29, 0.717) is 0 Å². The maximum Gasteiger partial charge on any atom is 0.0203 e. The summed E-state index contributed by atoms with van der Waals surface area (Å²) in [6.45, 7) is 2.41. The van der Waals surface area contributed by atoms with Gasteiger partial charge in [0.15, 0.2) is 0 Å². The molecule has 0 bridgehead atoms. The molecule has 4 fully saturated rings. The van der Waals surface area contributed by atoms with Gasteiger partial charge in [-0.15, -0.1) is 0 Å². The third-order valence-corrected chi connectivity index (χ3v) is 8.83. The van der Waals surface area contributed by atoms with Crippen molar-refractivity contribution >= 4 is 0 Å². The quantitative estimate of drug-likeness (QED) is 0.447. The van der Waals surface area contributed by atoms with Crippen LogP contribution in [0.5, 0.6) is 0 Å². The van der Waals surface area contributed by atoms with Gasteiger partial charge >= 0.3 is 0 Å². The van der Waals surface area contributed by atoms with Crippen molar-refractivity contribution in [2.75, 3.05) is 0 Å². The second-order valence-electron chi connectivity index (χ2n) is 10.6. The fourth-order valence-electron chi connectivity index (χ4n) is 6.89. The van der Waals surface area contributed by atoms with Gasteiger partial charge in [-0.2, -0.15) is 0 Å². The molecule has 4 aliphatic carbocycles. The summed E-state index contributed by atoms with van der Waals surface area (Å²) < 4.78 is 0. The Balaban J connectivity index is 1.17. The van der Waals surface area contributed by atoms with E-state index in [4.69, 9.17) is 0 Å². The van der Waals surface area contributed by atoms with Gasteiger partial charge in [-0.25, -0.2) is 0 Å². The molecule has 0 unspecified atom stereocenters. The highest BCUT2D eigenvalue weighted by Crippen LogP contribution is 2.45. The highest BCUT2D eigenvalue weighted by Gasteiger charge is 2.33. The Morgan fingerprint density at radius 3 is 1.23 bits per heavy atom. The van der Waals surface area contributed by atoms with E-state index < -0.39 is 0 Å². The van der Waals surface area contributed by atoms with E-state index in [2.05, 4.69) is 18.8 Å². The lowest BCUT2D eigenvalue weighted by Gasteiger charge is -2.38. The van der Waals surface area contributed by atoms with Gasteiger partial charge in [-0.05, 0) is 107 Å². The monoisotopic (exact) mass is 354 g/mol. The smallest absolute Gasteiger partial charge is 0.0203 e. The van der Waals surface area contributed by atoms with E-state index in [-0.39, 0.29) is 0 Å². The van der Waals surface area contributed by atoms with Gasteiger partial charge in [0.1, 0.15) is 0 Å². The lowest BCUT2D eigenvalue weighted by atomic mass is 9.67. The van der Waals surface area contributed by atoms with Crippen LogP contribution < -0.4 is 0 Å². The number of hydrogen-bond donors (Lipinski definition) is 0. The highest BCUT2D eigenvalue weighted by atomic mass is 14.4. The molecule has 4 rings (SSSR count). The number of rotatable bonds is 2. The van der Waals surface area contributed by atoms with Crippen LogP contribution in [0.15, 0.2) is 0 Å². The van der Waals surface area contributed by atoms with Crippen LogP contribution in [0.25, 0.3) is 0 Å². The molecule has 0 heteroatoms. The number of hydrogen-bond acceptors (Lipinski definition) is 0. The topological polar surface area (TPSA) is 0 Å². The Hall–Kier alpha value is -0.440. The molecular weight excluding hydrogens is 312 g/mol. The molecule has 0 heterocycles. The van der Waals surface area contributed by atoms with Crippen LogP contribution in [0.4, 0.5) is 0 Å². The van der Waals surface area contributed by atoms with Crippen molar-refractivity contribution in [1.82, 2.24) is 0 Å². The summed E-state index contributed by atoms with van der Waals surface area (Å²) >= 11 is 0. The second-order valence-corrected chi connectivity index (χ2v) is 10.6. The van der Waals surface area contributed by atoms with Gasteiger partial charge in [-0.3, -0.25) is 0 Å². The molecule has 0 atom stereocenters. The van der Waals surface area contributed by atoms with Crippen LogP contribution >= 0.6 is 0 Å². The third-order valence-electron chi connectivity index (χ3n) is 8.83. The minimum absolute atomic E-state index is 0.731. The lowest BCUT2D eigenvalue weighted by molar-refractivity contribution is 0.133. The van der Waals surface area contributed by atoms with Crippen molar-refractivity contribution < 1.29 is 0 Å². The Bertz CT molecular complexity index is 464. The first kappa shape index (κ1) is 18.9. The lowest BCUT2D eigenvalue weighted by Crippen LogP contribution is -2.27. The highest BCUT2D eigenvalue weighted by molar-refractivity contribution is 5.09. The average Bonchev–Trinajstić information content (AvgIpc) is 3.23. The zero-order valence-corrected chi connectivity index (χ0v) is 17.4. The van der Waals surface area contributed by atoms with Crippen LogP contribution in [0.2, 0.25) is 0 Å². The Labute approximate surface area is 163 Å². The van der Waals surface area contributed by atoms with E-state index in [9.17, 15) is 0 Å². The largest absolute Gasteiger partial charge is 0.0996 e. The van der Waals surface area contributed by atoms with Crippen LogP contribution in [0.3, 0.4) is 0 Å². The standard InChI is InChI=1S/C26H42/c1-20-6-8-21(9-7-20)10-11-22-12-14-24(15-13-22)26-18-16-25(17-19-26)23-4-2-3-5-23/h20-26H,2-9,12-19H2,1H3. The summed E-state index contributed by atoms with van der Waals surface area (Å²) in [5.41, 5.74) is 0. The molecule has 0 radical (unpaired) electrons. The second kappa shape index (κ2) is 9.17. The van der Waals surface area contributed by atoms with Crippen molar-refractivity contribution in [3.8, 4) is 11.8 Å². The zero-order valence-electron chi connectivity index (χ0n) is 17.4. The van der Waals surface area contributed by atoms with Crippen molar-refractivity contribution in [3.63, 3.8) is 0 Å². The fourth-order valence-corrected chi connectivity index (χ4v) is 6.89. The molecule has 0 nitrogen and oxygen atoms in total. The van der Waals surface area contributed by atoms with Gasteiger partial charge in [-0.1, -0.05) is 44.4 Å². The maximum atomic E-state index is 3.72. The first-order valence-electron chi connectivity index (χ1n) is 12.3.